The van der Waals surface area contributed by atoms with Crippen molar-refractivity contribution in [3.63, 3.8) is 0 Å². The van der Waals surface area contributed by atoms with E-state index in [1.165, 1.54) is 31.1 Å². The first-order chi connectivity index (χ1) is 25.3. The Labute approximate surface area is 306 Å². The Morgan fingerprint density at radius 3 is 2.15 bits per heavy atom. The number of amides is 4. The number of methoxy groups -OCH3 is 1. The van der Waals surface area contributed by atoms with E-state index in [2.05, 4.69) is 16.0 Å². The minimum absolute atomic E-state index is 0.0396. The number of aromatic nitrogens is 2. The smallest absolute Gasteiger partial charge is 0.337 e. The molecule has 14 nitrogen and oxygen atoms in total. The first-order valence-electron chi connectivity index (χ1n) is 16.4. The highest BCUT2D eigenvalue weighted by molar-refractivity contribution is 6.19. The van der Waals surface area contributed by atoms with Gasteiger partial charge in [0.1, 0.15) is 22.7 Å². The zero-order valence-electron chi connectivity index (χ0n) is 28.9. The van der Waals surface area contributed by atoms with Gasteiger partial charge in [-0.3, -0.25) is 19.2 Å². The van der Waals surface area contributed by atoms with Gasteiger partial charge in [0.15, 0.2) is 5.76 Å². The predicted octanol–water partition coefficient (Wildman–Crippen LogP) is 6.20. The highest BCUT2D eigenvalue weighted by Crippen LogP contribution is 2.46. The normalized spacial score (nSPS) is 13.6. The maximum absolute atomic E-state index is 13.9. The minimum atomic E-state index is -0.532. The standard InChI is InChI=1S/C38H33ClN6O8/c1-19(46)40-24-12-29(43(2)17-24)36(49)42-25-13-30(44(3)18-25)35(48)41-23-6-8-32-21(9-23)11-33(53-32)37(50)45-16-22(15-39)34-27-10-20(38(51)52-4)5-7-26(27)31(47)14-28(34)45/h5-14,17-18,22,47H,15-16H2,1-4H3,(H,40,46)(H,41,48)(H,42,49). The zero-order valence-corrected chi connectivity index (χ0v) is 29.7. The van der Waals surface area contributed by atoms with Crippen LogP contribution in [-0.4, -0.2) is 63.4 Å². The van der Waals surface area contributed by atoms with Gasteiger partial charge in [0.05, 0.1) is 29.7 Å². The fraction of sp³-hybridized carbons (Fsp3) is 0.184. The van der Waals surface area contributed by atoms with Gasteiger partial charge >= 0.3 is 5.97 Å². The Morgan fingerprint density at radius 1 is 0.849 bits per heavy atom. The van der Waals surface area contributed by atoms with Gasteiger partial charge < -0.3 is 44.2 Å². The number of esters is 1. The second kappa shape index (κ2) is 13.5. The molecule has 7 rings (SSSR count). The molecule has 4 N–H and O–H groups in total. The van der Waals surface area contributed by atoms with Gasteiger partial charge in [-0.05, 0) is 65.5 Å². The molecule has 0 saturated carbocycles. The molecular formula is C38H33ClN6O8. The van der Waals surface area contributed by atoms with Crippen LogP contribution in [0.3, 0.4) is 0 Å². The van der Waals surface area contributed by atoms with Gasteiger partial charge in [0, 0.05) is 74.3 Å². The van der Waals surface area contributed by atoms with Crippen molar-refractivity contribution >= 4 is 85.7 Å². The Bertz CT molecular complexity index is 2510. The number of nitrogens with one attached hydrogen (secondary N) is 3. The minimum Gasteiger partial charge on any atom is -0.507 e. The van der Waals surface area contributed by atoms with Crippen molar-refractivity contribution in [3.05, 3.63) is 101 Å². The van der Waals surface area contributed by atoms with Crippen molar-refractivity contribution in [2.75, 3.05) is 40.4 Å². The number of benzene rings is 3. The molecule has 6 aromatic rings. The molecule has 3 aromatic carbocycles. The summed E-state index contributed by atoms with van der Waals surface area (Å²) in [7, 11) is 4.64. The van der Waals surface area contributed by atoms with Crippen LogP contribution in [0.5, 0.6) is 5.75 Å². The van der Waals surface area contributed by atoms with Crippen LogP contribution in [0.25, 0.3) is 21.7 Å². The van der Waals surface area contributed by atoms with Gasteiger partial charge in [-0.1, -0.05) is 0 Å². The van der Waals surface area contributed by atoms with E-state index < -0.39 is 23.7 Å². The number of carbonyl (C=O) groups is 5. The average molecular weight is 737 g/mol. The molecule has 0 spiro atoms. The number of aromatic hydroxyl groups is 1. The van der Waals surface area contributed by atoms with E-state index in [1.807, 2.05) is 0 Å². The molecule has 1 atom stereocenters. The fourth-order valence-corrected chi connectivity index (χ4v) is 6.96. The van der Waals surface area contributed by atoms with Crippen molar-refractivity contribution < 1.29 is 38.2 Å². The molecule has 15 heteroatoms. The van der Waals surface area contributed by atoms with Gasteiger partial charge in [0.25, 0.3) is 17.7 Å². The second-order valence-electron chi connectivity index (χ2n) is 12.7. The number of hydrogen-bond donors (Lipinski definition) is 4. The third-order valence-corrected chi connectivity index (χ3v) is 9.50. The zero-order chi connectivity index (χ0) is 37.7. The topological polar surface area (TPSA) is 177 Å². The van der Waals surface area contributed by atoms with Gasteiger partial charge in [-0.15, -0.1) is 11.6 Å². The number of alkyl halides is 1. The first kappa shape index (κ1) is 34.9. The molecule has 0 fully saturated rings. The number of nitrogens with zero attached hydrogens (tertiary/aromatic N) is 3. The molecule has 0 aliphatic carbocycles. The van der Waals surface area contributed by atoms with Crippen LogP contribution < -0.4 is 20.9 Å². The Balaban J connectivity index is 1.09. The average Bonchev–Trinajstić information content (AvgIpc) is 3.90. The summed E-state index contributed by atoms with van der Waals surface area (Å²) < 4.78 is 14.0. The lowest BCUT2D eigenvalue weighted by Gasteiger charge is -2.17. The van der Waals surface area contributed by atoms with E-state index in [9.17, 15) is 29.1 Å². The summed E-state index contributed by atoms with van der Waals surface area (Å²) in [5, 5.41) is 20.8. The van der Waals surface area contributed by atoms with Crippen LogP contribution in [0.4, 0.5) is 22.7 Å². The van der Waals surface area contributed by atoms with Gasteiger partial charge in [-0.25, -0.2) is 4.79 Å². The Kier molecular flexibility index (Phi) is 8.91. The third kappa shape index (κ3) is 6.44. The summed E-state index contributed by atoms with van der Waals surface area (Å²) >= 11 is 6.39. The molecule has 0 saturated heterocycles. The maximum Gasteiger partial charge on any atom is 0.337 e. The molecule has 0 radical (unpaired) electrons. The highest BCUT2D eigenvalue weighted by Gasteiger charge is 2.36. The number of phenolic OH excluding ortho intramolecular Hbond substituents is 1. The molecule has 1 unspecified atom stereocenters. The quantitative estimate of drug-likeness (QED) is 0.105. The summed E-state index contributed by atoms with van der Waals surface area (Å²) in [6, 6.07) is 16.0. The number of aryl methyl sites for hydroxylation is 2. The molecule has 1 aliphatic heterocycles. The van der Waals surface area contributed by atoms with Crippen LogP contribution in [-0.2, 0) is 23.6 Å². The van der Waals surface area contributed by atoms with Crippen LogP contribution in [0.15, 0.2) is 77.5 Å². The number of furan rings is 1. The summed E-state index contributed by atoms with van der Waals surface area (Å²) in [5.74, 6) is -2.24. The molecule has 4 amide bonds. The van der Waals surface area contributed by atoms with E-state index in [1.54, 1.807) is 84.2 Å². The third-order valence-electron chi connectivity index (χ3n) is 9.13. The number of phenols is 1. The largest absolute Gasteiger partial charge is 0.507 e. The van der Waals surface area contributed by atoms with Gasteiger partial charge in [-0.2, -0.15) is 0 Å². The van der Waals surface area contributed by atoms with Crippen molar-refractivity contribution in [3.8, 4) is 5.75 Å². The lowest BCUT2D eigenvalue weighted by atomic mass is 9.94. The Morgan fingerprint density at radius 2 is 1.51 bits per heavy atom. The van der Waals surface area contributed by atoms with Crippen LogP contribution in [0.2, 0.25) is 0 Å². The summed E-state index contributed by atoms with van der Waals surface area (Å²) in [5.41, 5.74) is 3.79. The summed E-state index contributed by atoms with van der Waals surface area (Å²) in [6.07, 6.45) is 3.23. The van der Waals surface area contributed by atoms with Crippen molar-refractivity contribution in [2.24, 2.45) is 14.1 Å². The second-order valence-corrected chi connectivity index (χ2v) is 13.1. The first-order valence-corrected chi connectivity index (χ1v) is 16.9. The van der Waals surface area contributed by atoms with Crippen LogP contribution >= 0.6 is 11.6 Å². The molecule has 270 valence electrons. The monoisotopic (exact) mass is 736 g/mol. The lowest BCUT2D eigenvalue weighted by molar-refractivity contribution is -0.114. The highest BCUT2D eigenvalue weighted by atomic mass is 35.5. The predicted molar refractivity (Wildman–Crippen MR) is 199 cm³/mol. The number of ether oxygens (including phenoxy) is 1. The van der Waals surface area contributed by atoms with Crippen molar-refractivity contribution in [1.29, 1.82) is 0 Å². The summed E-state index contributed by atoms with van der Waals surface area (Å²) in [4.78, 5) is 65.4. The van der Waals surface area contributed by atoms with Crippen molar-refractivity contribution in [1.82, 2.24) is 9.13 Å². The molecule has 3 aromatic heterocycles. The molecule has 0 bridgehead atoms. The van der Waals surface area contributed by atoms with Crippen LogP contribution in [0.1, 0.15) is 60.3 Å². The SMILES string of the molecule is COC(=O)c1ccc2c(O)cc3c(c2c1)C(CCl)CN3C(=O)c1cc2cc(NC(=O)c3cc(NC(=O)c4cc(NC(C)=O)cn4C)cn3C)ccc2o1. The molecular weight excluding hydrogens is 704 g/mol. The van der Waals surface area contributed by atoms with Crippen molar-refractivity contribution in [2.45, 2.75) is 12.8 Å². The lowest BCUT2D eigenvalue weighted by Crippen LogP contribution is -2.29. The number of anilines is 4. The molecule has 1 aliphatic rings. The summed E-state index contributed by atoms with van der Waals surface area (Å²) in [6.45, 7) is 1.60. The number of rotatable bonds is 8. The molecule has 4 heterocycles. The number of hydrogen-bond acceptors (Lipinski definition) is 8. The fourth-order valence-electron chi connectivity index (χ4n) is 6.71. The Hall–Kier alpha value is -6.54. The number of halogens is 1. The molecule has 53 heavy (non-hydrogen) atoms. The van der Waals surface area contributed by atoms with Crippen LogP contribution in [0, 0.1) is 0 Å². The van der Waals surface area contributed by atoms with E-state index in [4.69, 9.17) is 20.8 Å². The van der Waals surface area contributed by atoms with E-state index >= 15 is 0 Å². The van der Waals surface area contributed by atoms with Gasteiger partial charge in [0.2, 0.25) is 5.91 Å². The maximum atomic E-state index is 13.9. The number of fused-ring (bicyclic) bond motifs is 4. The number of carbonyl (C=O) groups excluding carboxylic acids is 5. The van der Waals surface area contributed by atoms with E-state index in [-0.39, 0.29) is 41.5 Å². The van der Waals surface area contributed by atoms with E-state index in [0.717, 1.165) is 5.56 Å². The van der Waals surface area contributed by atoms with E-state index in [0.29, 0.717) is 55.7 Å².